The third kappa shape index (κ3) is 7.55. The zero-order chi connectivity index (χ0) is 31.7. The van der Waals surface area contributed by atoms with Crippen LogP contribution in [-0.4, -0.2) is 87.0 Å². The number of fused-ring (bicyclic) bond motifs is 1. The number of nitrogens with one attached hydrogen (secondary N) is 2. The molecule has 0 spiro atoms. The van der Waals surface area contributed by atoms with Crippen LogP contribution in [0.1, 0.15) is 22.8 Å². The molecule has 3 aromatic rings. The third-order valence-electron chi connectivity index (χ3n) is 6.91. The zero-order valence-electron chi connectivity index (χ0n) is 23.7. The number of benzene rings is 2. The lowest BCUT2D eigenvalue weighted by Gasteiger charge is -2.41. The zero-order valence-corrected chi connectivity index (χ0v) is 24.5. The van der Waals surface area contributed by atoms with E-state index in [1.54, 1.807) is 14.0 Å². The fourth-order valence-corrected chi connectivity index (χ4v) is 5.72. The summed E-state index contributed by atoms with van der Waals surface area (Å²) in [4.78, 5) is 18.8. The number of likely N-dealkylation sites (tertiary alicyclic amines) is 1. The number of methoxy groups -OCH3 is 1. The average molecular weight is 628 g/mol. The summed E-state index contributed by atoms with van der Waals surface area (Å²) < 4.78 is 99.4. The molecule has 2 aromatic carbocycles. The van der Waals surface area contributed by atoms with E-state index in [4.69, 9.17) is 4.74 Å². The summed E-state index contributed by atoms with van der Waals surface area (Å²) in [6.45, 7) is -0.0909. The van der Waals surface area contributed by atoms with Gasteiger partial charge in [0.1, 0.15) is 17.8 Å². The molecule has 2 N–H and O–H groups in total. The summed E-state index contributed by atoms with van der Waals surface area (Å²) in [6.07, 6.45) is -2.60. The molecule has 1 aliphatic rings. The Morgan fingerprint density at radius 2 is 1.95 bits per heavy atom. The smallest absolute Gasteiger partial charge is 0.406 e. The predicted molar refractivity (Wildman–Crippen MR) is 150 cm³/mol. The molecule has 1 aliphatic heterocycles. The molecule has 15 heteroatoms. The van der Waals surface area contributed by atoms with Crippen molar-refractivity contribution in [3.8, 4) is 17.6 Å². The highest BCUT2D eigenvalue weighted by Gasteiger charge is 2.48. The van der Waals surface area contributed by atoms with Crippen LogP contribution < -0.4 is 15.4 Å². The third-order valence-corrected chi connectivity index (χ3v) is 8.02. The molecular formula is C28H30F5N5O4S. The molecule has 2 atom stereocenters. The van der Waals surface area contributed by atoms with Gasteiger partial charge in [0.15, 0.2) is 9.84 Å². The molecule has 1 saturated heterocycles. The molecule has 0 unspecified atom stereocenters. The van der Waals surface area contributed by atoms with Gasteiger partial charge in [-0.25, -0.2) is 22.2 Å². The standard InChI is InChI=1S/C28H30F5N5O4S/c1-17-13-37(2)14-27(29,30)25(17)36-26(39)20-10-18(11-22-24(20)35-16-38(22)15-28(31,32)33)6-5-9-34-21-12-19(43(4,40)41)7-8-23(21)42-3/h7-8,10-12,16-17,25,34H,9,13-15H2,1-4H3,(H,36,39)/t17-,25+/m1/s1. The van der Waals surface area contributed by atoms with E-state index in [0.29, 0.717) is 18.0 Å². The van der Waals surface area contributed by atoms with E-state index >= 15 is 0 Å². The monoisotopic (exact) mass is 627 g/mol. The molecule has 4 rings (SSSR count). The number of alkyl halides is 5. The Balaban J connectivity index is 1.67. The Morgan fingerprint density at radius 3 is 2.58 bits per heavy atom. The van der Waals surface area contributed by atoms with Crippen LogP contribution >= 0.6 is 0 Å². The number of halogens is 5. The lowest BCUT2D eigenvalue weighted by atomic mass is 9.90. The summed E-state index contributed by atoms with van der Waals surface area (Å²) >= 11 is 0. The van der Waals surface area contributed by atoms with Gasteiger partial charge in [-0.05, 0) is 43.3 Å². The maximum Gasteiger partial charge on any atom is 0.406 e. The minimum atomic E-state index is -4.59. The van der Waals surface area contributed by atoms with Gasteiger partial charge in [-0.15, -0.1) is 0 Å². The number of rotatable bonds is 7. The van der Waals surface area contributed by atoms with E-state index in [0.717, 1.165) is 17.2 Å². The molecule has 2 heterocycles. The second kappa shape index (κ2) is 12.0. The van der Waals surface area contributed by atoms with Gasteiger partial charge in [0.2, 0.25) is 0 Å². The summed E-state index contributed by atoms with van der Waals surface area (Å²) in [5.41, 5.74) is 0.153. The Kier molecular flexibility index (Phi) is 8.94. The molecule has 0 saturated carbocycles. The van der Waals surface area contributed by atoms with Crippen LogP contribution in [0, 0.1) is 17.8 Å². The second-order valence-electron chi connectivity index (χ2n) is 10.6. The largest absolute Gasteiger partial charge is 0.495 e. The number of hydrogen-bond acceptors (Lipinski definition) is 7. The van der Waals surface area contributed by atoms with Crippen molar-refractivity contribution in [3.05, 3.63) is 47.8 Å². The lowest BCUT2D eigenvalue weighted by Crippen LogP contribution is -2.61. The Labute approximate surface area is 245 Å². The quantitative estimate of drug-likeness (QED) is 0.304. The fraction of sp³-hybridized carbons (Fsp3) is 0.429. The number of imidazole rings is 1. The van der Waals surface area contributed by atoms with E-state index < -0.39 is 52.9 Å². The van der Waals surface area contributed by atoms with Crippen molar-refractivity contribution in [1.29, 1.82) is 0 Å². The fourth-order valence-electron chi connectivity index (χ4n) is 5.07. The normalized spacial score (nSPS) is 19.0. The number of piperidine rings is 1. The van der Waals surface area contributed by atoms with Crippen LogP contribution in [0.15, 0.2) is 41.6 Å². The van der Waals surface area contributed by atoms with Gasteiger partial charge in [-0.1, -0.05) is 18.8 Å². The first-order valence-corrected chi connectivity index (χ1v) is 14.9. The van der Waals surface area contributed by atoms with Crippen molar-refractivity contribution >= 4 is 32.5 Å². The Bertz CT molecular complexity index is 1690. The molecule has 43 heavy (non-hydrogen) atoms. The summed E-state index contributed by atoms with van der Waals surface area (Å²) in [6, 6.07) is 5.36. The average Bonchev–Trinajstić information content (AvgIpc) is 3.28. The van der Waals surface area contributed by atoms with E-state index in [1.807, 2.05) is 0 Å². The van der Waals surface area contributed by atoms with Gasteiger partial charge in [0.05, 0.1) is 54.2 Å². The summed E-state index contributed by atoms with van der Waals surface area (Å²) in [5, 5.41) is 5.32. The first kappa shape index (κ1) is 32.0. The number of aromatic nitrogens is 2. The summed E-state index contributed by atoms with van der Waals surface area (Å²) in [7, 11) is -0.547. The first-order valence-electron chi connectivity index (χ1n) is 13.0. The second-order valence-corrected chi connectivity index (χ2v) is 12.6. The topological polar surface area (TPSA) is 106 Å². The number of hydrogen-bond donors (Lipinski definition) is 2. The molecule has 0 radical (unpaired) electrons. The molecule has 0 bridgehead atoms. The molecule has 232 valence electrons. The molecule has 0 aliphatic carbocycles. The van der Waals surface area contributed by atoms with Crippen LogP contribution in [0.25, 0.3) is 11.0 Å². The number of sulfone groups is 1. The summed E-state index contributed by atoms with van der Waals surface area (Å²) in [5.74, 6) is 1.15. The van der Waals surface area contributed by atoms with Gasteiger partial charge < -0.3 is 24.8 Å². The van der Waals surface area contributed by atoms with E-state index in [9.17, 15) is 35.2 Å². The maximum atomic E-state index is 14.8. The van der Waals surface area contributed by atoms with Crippen LogP contribution in [-0.2, 0) is 16.4 Å². The molecule has 1 amide bonds. The first-order chi connectivity index (χ1) is 20.0. The van der Waals surface area contributed by atoms with Crippen molar-refractivity contribution in [1.82, 2.24) is 19.8 Å². The molecular weight excluding hydrogens is 597 g/mol. The lowest BCUT2D eigenvalue weighted by molar-refractivity contribution is -0.140. The highest BCUT2D eigenvalue weighted by Crippen LogP contribution is 2.32. The number of amides is 1. The van der Waals surface area contributed by atoms with Gasteiger partial charge in [-0.3, -0.25) is 4.79 Å². The SMILES string of the molecule is COc1ccc(S(C)(=O)=O)cc1NCC#Cc1cc(C(=O)N[C@H]2[C@H](C)CN(C)CC2(F)F)c2ncn(CC(F)(F)F)c2c1. The van der Waals surface area contributed by atoms with Crippen molar-refractivity contribution < 1.29 is 39.9 Å². The van der Waals surface area contributed by atoms with Gasteiger partial charge in [-0.2, -0.15) is 13.2 Å². The predicted octanol–water partition coefficient (Wildman–Crippen LogP) is 3.79. The van der Waals surface area contributed by atoms with E-state index in [1.165, 1.54) is 42.3 Å². The minimum Gasteiger partial charge on any atom is -0.495 e. The molecule has 1 aromatic heterocycles. The van der Waals surface area contributed by atoms with E-state index in [-0.39, 0.29) is 33.6 Å². The number of anilines is 1. The van der Waals surface area contributed by atoms with Crippen molar-refractivity contribution in [2.24, 2.45) is 5.92 Å². The van der Waals surface area contributed by atoms with Gasteiger partial charge >= 0.3 is 6.18 Å². The number of carbonyl (C=O) groups is 1. The number of carbonyl (C=O) groups excluding carboxylic acids is 1. The highest BCUT2D eigenvalue weighted by atomic mass is 32.2. The molecule has 1 fully saturated rings. The van der Waals surface area contributed by atoms with Crippen molar-refractivity contribution in [2.45, 2.75) is 36.5 Å². The number of nitrogens with zero attached hydrogens (tertiary/aromatic N) is 3. The Morgan fingerprint density at radius 1 is 1.23 bits per heavy atom. The van der Waals surface area contributed by atoms with Gasteiger partial charge in [0.25, 0.3) is 11.8 Å². The maximum absolute atomic E-state index is 14.8. The van der Waals surface area contributed by atoms with Crippen LogP contribution in [0.2, 0.25) is 0 Å². The van der Waals surface area contributed by atoms with Crippen LogP contribution in [0.4, 0.5) is 27.6 Å². The van der Waals surface area contributed by atoms with E-state index in [2.05, 4.69) is 27.5 Å². The number of ether oxygens (including phenoxy) is 1. The van der Waals surface area contributed by atoms with Gasteiger partial charge in [0, 0.05) is 18.4 Å². The van der Waals surface area contributed by atoms with Crippen molar-refractivity contribution in [3.63, 3.8) is 0 Å². The highest BCUT2D eigenvalue weighted by molar-refractivity contribution is 7.90. The minimum absolute atomic E-state index is 0.0374. The Hall–Kier alpha value is -3.90. The van der Waals surface area contributed by atoms with Crippen LogP contribution in [0.5, 0.6) is 5.75 Å². The van der Waals surface area contributed by atoms with Crippen molar-refractivity contribution in [2.75, 3.05) is 45.4 Å². The molecule has 9 nitrogen and oxygen atoms in total. The van der Waals surface area contributed by atoms with Crippen LogP contribution in [0.3, 0.4) is 0 Å².